The van der Waals surface area contributed by atoms with Crippen LogP contribution in [0.3, 0.4) is 0 Å². The SMILES string of the molecule is c1ccc(-c2nc(-c3ccccc3)nc(-n3c4ccc(-c5ccncc5)cc4c4cc(-c5ccc6c(c5)c5ccccc5n6-c5ccccc5)ccc43)n2)cc1. The lowest BCUT2D eigenvalue weighted by molar-refractivity contribution is 0.953. The molecule has 0 unspecified atom stereocenters. The zero-order valence-electron chi connectivity index (χ0n) is 30.2. The fourth-order valence-electron chi connectivity index (χ4n) is 8.05. The molecule has 7 aromatic carbocycles. The van der Waals surface area contributed by atoms with Crippen LogP contribution in [0, 0.1) is 0 Å². The molecule has 0 aliphatic carbocycles. The molecule has 262 valence electrons. The molecule has 6 nitrogen and oxygen atoms in total. The highest BCUT2D eigenvalue weighted by Gasteiger charge is 2.20. The predicted octanol–water partition coefficient (Wildman–Crippen LogP) is 12.1. The Balaban J connectivity index is 1.15. The number of para-hydroxylation sites is 2. The minimum Gasteiger partial charge on any atom is -0.309 e. The first kappa shape index (κ1) is 31.8. The van der Waals surface area contributed by atoms with Crippen LogP contribution in [0.4, 0.5) is 0 Å². The quantitative estimate of drug-likeness (QED) is 0.172. The highest BCUT2D eigenvalue weighted by Crippen LogP contribution is 2.39. The van der Waals surface area contributed by atoms with Crippen LogP contribution in [0.25, 0.3) is 100 Å². The van der Waals surface area contributed by atoms with E-state index >= 15 is 0 Å². The molecule has 56 heavy (non-hydrogen) atoms. The van der Waals surface area contributed by atoms with Gasteiger partial charge >= 0.3 is 0 Å². The number of hydrogen-bond donors (Lipinski definition) is 0. The van der Waals surface area contributed by atoms with Gasteiger partial charge < -0.3 is 4.57 Å². The second-order valence-electron chi connectivity index (χ2n) is 14.0. The Morgan fingerprint density at radius 1 is 0.304 bits per heavy atom. The van der Waals surface area contributed by atoms with Gasteiger partial charge in [-0.25, -0.2) is 4.98 Å². The highest BCUT2D eigenvalue weighted by atomic mass is 15.2. The summed E-state index contributed by atoms with van der Waals surface area (Å²) in [5.41, 5.74) is 11.9. The predicted molar refractivity (Wildman–Crippen MR) is 228 cm³/mol. The molecule has 0 saturated heterocycles. The number of pyridine rings is 1. The summed E-state index contributed by atoms with van der Waals surface area (Å²) < 4.78 is 4.54. The fourth-order valence-corrected chi connectivity index (χ4v) is 8.05. The standard InChI is InChI=1S/C50H32N6/c1-4-12-34(13-5-1)48-52-49(35-14-6-2-7-15-35)54-50(53-48)56-46-24-20-36(33-26-28-51-29-27-33)30-42(46)43-32-38(22-25-47(43)56)37-21-23-45-41(31-37)40-18-10-11-19-44(40)55(45)39-16-8-3-9-17-39/h1-32H. The minimum atomic E-state index is 0.567. The largest absolute Gasteiger partial charge is 0.309 e. The van der Waals surface area contributed by atoms with Gasteiger partial charge in [0.1, 0.15) is 0 Å². The maximum Gasteiger partial charge on any atom is 0.238 e. The van der Waals surface area contributed by atoms with Crippen molar-refractivity contribution in [3.05, 3.63) is 194 Å². The summed E-state index contributed by atoms with van der Waals surface area (Å²) in [4.78, 5) is 19.6. The van der Waals surface area contributed by atoms with Crippen molar-refractivity contribution in [1.82, 2.24) is 29.1 Å². The van der Waals surface area contributed by atoms with Gasteiger partial charge in [0.25, 0.3) is 0 Å². The van der Waals surface area contributed by atoms with Crippen LogP contribution in [0.2, 0.25) is 0 Å². The Hall–Kier alpha value is -7.70. The molecular weight excluding hydrogens is 685 g/mol. The summed E-state index contributed by atoms with van der Waals surface area (Å²) in [7, 11) is 0. The average Bonchev–Trinajstić information content (AvgIpc) is 3.79. The van der Waals surface area contributed by atoms with Crippen LogP contribution in [-0.2, 0) is 0 Å². The van der Waals surface area contributed by atoms with E-state index in [-0.39, 0.29) is 0 Å². The van der Waals surface area contributed by atoms with E-state index in [2.05, 4.69) is 135 Å². The molecule has 4 heterocycles. The molecule has 11 rings (SSSR count). The van der Waals surface area contributed by atoms with Crippen molar-refractivity contribution in [2.45, 2.75) is 0 Å². The molecule has 0 saturated carbocycles. The van der Waals surface area contributed by atoms with Gasteiger partial charge in [0.2, 0.25) is 5.95 Å². The Morgan fingerprint density at radius 3 is 1.32 bits per heavy atom. The molecule has 0 N–H and O–H groups in total. The fraction of sp³-hybridized carbons (Fsp3) is 0. The van der Waals surface area contributed by atoms with E-state index in [0.29, 0.717) is 17.6 Å². The molecule has 11 aromatic rings. The van der Waals surface area contributed by atoms with Gasteiger partial charge in [-0.3, -0.25) is 9.55 Å². The van der Waals surface area contributed by atoms with Gasteiger partial charge in [0, 0.05) is 50.8 Å². The zero-order chi connectivity index (χ0) is 37.0. The van der Waals surface area contributed by atoms with Gasteiger partial charge in [0.05, 0.1) is 22.1 Å². The van der Waals surface area contributed by atoms with Gasteiger partial charge in [-0.2, -0.15) is 9.97 Å². The third-order valence-electron chi connectivity index (χ3n) is 10.7. The third kappa shape index (κ3) is 5.27. The third-order valence-corrected chi connectivity index (χ3v) is 10.7. The second kappa shape index (κ2) is 13.0. The zero-order valence-corrected chi connectivity index (χ0v) is 30.2. The highest BCUT2D eigenvalue weighted by molar-refractivity contribution is 6.13. The topological polar surface area (TPSA) is 61.4 Å². The van der Waals surface area contributed by atoms with Crippen molar-refractivity contribution in [2.24, 2.45) is 0 Å². The molecular formula is C50H32N6. The first-order chi connectivity index (χ1) is 27.8. The van der Waals surface area contributed by atoms with Crippen molar-refractivity contribution in [3.8, 4) is 56.7 Å². The molecule has 0 aliphatic rings. The second-order valence-corrected chi connectivity index (χ2v) is 14.0. The molecule has 0 bridgehead atoms. The van der Waals surface area contributed by atoms with Crippen LogP contribution in [-0.4, -0.2) is 29.1 Å². The van der Waals surface area contributed by atoms with E-state index in [1.807, 2.05) is 73.1 Å². The summed E-state index contributed by atoms with van der Waals surface area (Å²) in [6, 6.07) is 63.8. The summed E-state index contributed by atoms with van der Waals surface area (Å²) in [6.07, 6.45) is 3.68. The van der Waals surface area contributed by atoms with E-state index in [9.17, 15) is 0 Å². The number of hydrogen-bond acceptors (Lipinski definition) is 4. The van der Waals surface area contributed by atoms with Gasteiger partial charge in [-0.15, -0.1) is 0 Å². The lowest BCUT2D eigenvalue weighted by atomic mass is 9.99. The molecule has 6 heteroatoms. The molecule has 4 aromatic heterocycles. The summed E-state index contributed by atoms with van der Waals surface area (Å²) >= 11 is 0. The Bertz CT molecular complexity index is 3170. The Morgan fingerprint density at radius 2 is 0.750 bits per heavy atom. The molecule has 0 fully saturated rings. The lowest BCUT2D eigenvalue weighted by Crippen LogP contribution is -2.06. The van der Waals surface area contributed by atoms with Crippen molar-refractivity contribution >= 4 is 43.6 Å². The summed E-state index contributed by atoms with van der Waals surface area (Å²) in [5.74, 6) is 1.81. The maximum atomic E-state index is 5.15. The molecule has 0 amide bonds. The van der Waals surface area contributed by atoms with Gasteiger partial charge in [-0.1, -0.05) is 115 Å². The molecule has 0 radical (unpaired) electrons. The van der Waals surface area contributed by atoms with Crippen LogP contribution in [0.15, 0.2) is 194 Å². The molecule has 0 spiro atoms. The number of aromatic nitrogens is 6. The smallest absolute Gasteiger partial charge is 0.238 e. The van der Waals surface area contributed by atoms with E-state index in [0.717, 1.165) is 60.9 Å². The van der Waals surface area contributed by atoms with Gasteiger partial charge in [0.15, 0.2) is 11.6 Å². The normalized spacial score (nSPS) is 11.6. The molecule has 0 atom stereocenters. The first-order valence-corrected chi connectivity index (χ1v) is 18.7. The number of fused-ring (bicyclic) bond motifs is 6. The Labute approximate surface area is 322 Å². The summed E-state index contributed by atoms with van der Waals surface area (Å²) in [5, 5.41) is 4.67. The molecule has 0 aliphatic heterocycles. The summed E-state index contributed by atoms with van der Waals surface area (Å²) in [6.45, 7) is 0. The number of rotatable bonds is 6. The van der Waals surface area contributed by atoms with Crippen LogP contribution in [0.5, 0.6) is 0 Å². The van der Waals surface area contributed by atoms with Crippen molar-refractivity contribution in [1.29, 1.82) is 0 Å². The van der Waals surface area contributed by atoms with E-state index in [4.69, 9.17) is 15.0 Å². The minimum absolute atomic E-state index is 0.567. The maximum absolute atomic E-state index is 5.15. The van der Waals surface area contributed by atoms with Crippen molar-refractivity contribution < 1.29 is 0 Å². The van der Waals surface area contributed by atoms with E-state index in [1.54, 1.807) is 0 Å². The average molecular weight is 717 g/mol. The number of nitrogens with zero attached hydrogens (tertiary/aromatic N) is 6. The number of benzene rings is 7. The van der Waals surface area contributed by atoms with Crippen molar-refractivity contribution in [2.75, 3.05) is 0 Å². The van der Waals surface area contributed by atoms with Crippen LogP contribution < -0.4 is 0 Å². The van der Waals surface area contributed by atoms with E-state index in [1.165, 1.54) is 21.8 Å². The van der Waals surface area contributed by atoms with Crippen molar-refractivity contribution in [3.63, 3.8) is 0 Å². The lowest BCUT2D eigenvalue weighted by Gasteiger charge is -2.11. The van der Waals surface area contributed by atoms with Crippen LogP contribution >= 0.6 is 0 Å². The van der Waals surface area contributed by atoms with Gasteiger partial charge in [-0.05, 0) is 89.0 Å². The Kier molecular flexibility index (Phi) is 7.38. The first-order valence-electron chi connectivity index (χ1n) is 18.7. The van der Waals surface area contributed by atoms with Crippen LogP contribution in [0.1, 0.15) is 0 Å². The van der Waals surface area contributed by atoms with E-state index < -0.39 is 0 Å². The monoisotopic (exact) mass is 716 g/mol.